The molecule has 4 heterocycles. The minimum absolute atomic E-state index is 0.181. The highest BCUT2D eigenvalue weighted by molar-refractivity contribution is 7.94. The summed E-state index contributed by atoms with van der Waals surface area (Å²) >= 11 is 1.49. The Bertz CT molecular complexity index is 1840. The highest BCUT2D eigenvalue weighted by Gasteiger charge is 2.35. The monoisotopic (exact) mass is 543 g/mol. The van der Waals surface area contributed by atoms with Gasteiger partial charge in [0.05, 0.1) is 23.2 Å². The molecular weight excluding hydrogens is 517 g/mol. The van der Waals surface area contributed by atoms with Crippen molar-refractivity contribution in [1.29, 1.82) is 0 Å². The van der Waals surface area contributed by atoms with Crippen LogP contribution in [0.3, 0.4) is 0 Å². The van der Waals surface area contributed by atoms with Crippen molar-refractivity contribution in [3.8, 4) is 0 Å². The van der Waals surface area contributed by atoms with Gasteiger partial charge in [0.2, 0.25) is 0 Å². The van der Waals surface area contributed by atoms with E-state index in [1.54, 1.807) is 33.5 Å². The summed E-state index contributed by atoms with van der Waals surface area (Å²) in [6.07, 6.45) is 4.97. The average molecular weight is 544 g/mol. The molecule has 9 nitrogen and oxygen atoms in total. The SMILES string of the molecule is CN1C=C(S(C)(=O)=O)CC1c1c2c(=O)n(C)c(=O)n(CC3CC3)c2nn1Cc1csc2ccc(F)cc12. The van der Waals surface area contributed by atoms with Gasteiger partial charge in [-0.15, -0.1) is 11.3 Å². The topological polar surface area (TPSA) is 99.2 Å². The summed E-state index contributed by atoms with van der Waals surface area (Å²) in [5, 5.41) is 7.81. The minimum Gasteiger partial charge on any atom is -0.371 e. The van der Waals surface area contributed by atoms with Crippen molar-refractivity contribution in [2.45, 2.75) is 38.4 Å². The number of fused-ring (bicyclic) bond motifs is 2. The molecule has 12 heteroatoms. The van der Waals surface area contributed by atoms with Crippen LogP contribution in [0.25, 0.3) is 21.1 Å². The van der Waals surface area contributed by atoms with Gasteiger partial charge < -0.3 is 4.90 Å². The Hall–Kier alpha value is -3.25. The molecule has 194 valence electrons. The summed E-state index contributed by atoms with van der Waals surface area (Å²) in [6.45, 7) is 0.715. The number of benzene rings is 1. The summed E-state index contributed by atoms with van der Waals surface area (Å²) < 4.78 is 44.1. The van der Waals surface area contributed by atoms with Crippen LogP contribution in [0.5, 0.6) is 0 Å². The molecule has 3 aromatic heterocycles. The number of hydrogen-bond donors (Lipinski definition) is 0. The van der Waals surface area contributed by atoms with E-state index in [1.165, 1.54) is 36.8 Å². The highest BCUT2D eigenvalue weighted by atomic mass is 32.2. The van der Waals surface area contributed by atoms with E-state index in [0.717, 1.165) is 33.1 Å². The molecule has 0 N–H and O–H groups in total. The first-order chi connectivity index (χ1) is 17.5. The zero-order valence-corrected chi connectivity index (χ0v) is 22.3. The Kier molecular flexibility index (Phi) is 5.46. The lowest BCUT2D eigenvalue weighted by Crippen LogP contribution is -2.38. The summed E-state index contributed by atoms with van der Waals surface area (Å²) in [5.41, 5.74) is 0.808. The molecule has 0 saturated heterocycles. The summed E-state index contributed by atoms with van der Waals surface area (Å²) in [7, 11) is -0.208. The fourth-order valence-corrected chi connectivity index (χ4v) is 6.90. The predicted molar refractivity (Wildman–Crippen MR) is 141 cm³/mol. The Balaban J connectivity index is 1.59. The number of hydrogen-bond acceptors (Lipinski definition) is 7. The van der Waals surface area contributed by atoms with E-state index >= 15 is 0 Å². The number of aromatic nitrogens is 4. The van der Waals surface area contributed by atoms with Crippen LogP contribution in [0.4, 0.5) is 4.39 Å². The zero-order valence-electron chi connectivity index (χ0n) is 20.6. The molecule has 1 fully saturated rings. The van der Waals surface area contributed by atoms with E-state index in [1.807, 2.05) is 5.38 Å². The van der Waals surface area contributed by atoms with Crippen LogP contribution in [0.15, 0.2) is 44.3 Å². The van der Waals surface area contributed by atoms with Crippen LogP contribution in [0.1, 0.15) is 36.6 Å². The molecule has 37 heavy (non-hydrogen) atoms. The fourth-order valence-electron chi connectivity index (χ4n) is 5.14. The Labute approximate surface area is 216 Å². The third-order valence-electron chi connectivity index (χ3n) is 7.36. The molecule has 6 rings (SSSR count). The lowest BCUT2D eigenvalue weighted by atomic mass is 10.1. The number of rotatable bonds is 6. The first-order valence-corrected chi connectivity index (χ1v) is 14.8. The van der Waals surface area contributed by atoms with E-state index in [2.05, 4.69) is 0 Å². The number of thiophene rings is 1. The van der Waals surface area contributed by atoms with Gasteiger partial charge >= 0.3 is 5.69 Å². The predicted octanol–water partition coefficient (Wildman–Crippen LogP) is 2.97. The third-order valence-corrected chi connectivity index (χ3v) is 9.60. The second kappa shape index (κ2) is 8.38. The minimum atomic E-state index is -3.44. The molecule has 1 atom stereocenters. The van der Waals surface area contributed by atoms with Gasteiger partial charge in [0.15, 0.2) is 15.5 Å². The van der Waals surface area contributed by atoms with Crippen LogP contribution in [0, 0.1) is 11.7 Å². The zero-order chi connectivity index (χ0) is 26.2. The van der Waals surface area contributed by atoms with E-state index in [0.29, 0.717) is 29.2 Å². The standard InChI is InChI=1S/C25H26FN5O4S2/c1-28-12-17(37(3,34)35)9-19(28)22-21-23(30(10-14-4-5-14)25(33)29(2)24(21)32)27-31(22)11-15-13-36-20-7-6-16(26)8-18(15)20/h6-8,12-14,19H,4-5,9-11H2,1-3H3. The summed E-state index contributed by atoms with van der Waals surface area (Å²) in [4.78, 5) is 28.7. The van der Waals surface area contributed by atoms with Gasteiger partial charge in [-0.25, -0.2) is 17.6 Å². The van der Waals surface area contributed by atoms with Gasteiger partial charge in [-0.1, -0.05) is 0 Å². The van der Waals surface area contributed by atoms with Crippen molar-refractivity contribution in [2.75, 3.05) is 13.3 Å². The van der Waals surface area contributed by atoms with Crippen molar-refractivity contribution in [3.63, 3.8) is 0 Å². The number of halogens is 1. The van der Waals surface area contributed by atoms with E-state index in [9.17, 15) is 22.4 Å². The van der Waals surface area contributed by atoms with Gasteiger partial charge in [0.1, 0.15) is 11.2 Å². The van der Waals surface area contributed by atoms with Crippen molar-refractivity contribution in [3.05, 3.63) is 72.6 Å². The molecule has 1 unspecified atom stereocenters. The average Bonchev–Trinajstić information content (AvgIpc) is 3.27. The largest absolute Gasteiger partial charge is 0.371 e. The molecule has 0 radical (unpaired) electrons. The van der Waals surface area contributed by atoms with Gasteiger partial charge in [0, 0.05) is 49.6 Å². The molecule has 1 aromatic carbocycles. The maximum absolute atomic E-state index is 14.1. The van der Waals surface area contributed by atoms with Gasteiger partial charge in [-0.2, -0.15) is 5.10 Å². The van der Waals surface area contributed by atoms with E-state index in [-0.39, 0.29) is 23.7 Å². The molecular formula is C25H26FN5O4S2. The van der Waals surface area contributed by atoms with Gasteiger partial charge in [-0.05, 0) is 47.9 Å². The van der Waals surface area contributed by atoms with Gasteiger partial charge in [0.25, 0.3) is 5.56 Å². The molecule has 0 spiro atoms. The number of sulfone groups is 1. The smallest absolute Gasteiger partial charge is 0.332 e. The van der Waals surface area contributed by atoms with Crippen molar-refractivity contribution in [1.82, 2.24) is 23.8 Å². The molecule has 2 aliphatic rings. The van der Waals surface area contributed by atoms with E-state index in [4.69, 9.17) is 5.10 Å². The van der Waals surface area contributed by atoms with Crippen LogP contribution in [0.2, 0.25) is 0 Å². The Morgan fingerprint density at radius 1 is 1.19 bits per heavy atom. The number of nitrogens with zero attached hydrogens (tertiary/aromatic N) is 5. The molecule has 1 aliphatic carbocycles. The van der Waals surface area contributed by atoms with Crippen LogP contribution >= 0.6 is 11.3 Å². The second-order valence-electron chi connectivity index (χ2n) is 10.1. The first kappa shape index (κ1) is 24.1. The lowest BCUT2D eigenvalue weighted by Gasteiger charge is -2.22. The summed E-state index contributed by atoms with van der Waals surface area (Å²) in [5.74, 6) is 0.0195. The van der Waals surface area contributed by atoms with Crippen LogP contribution < -0.4 is 11.2 Å². The summed E-state index contributed by atoms with van der Waals surface area (Å²) in [6, 6.07) is 4.16. The van der Waals surface area contributed by atoms with Crippen molar-refractivity contribution >= 4 is 42.3 Å². The lowest BCUT2D eigenvalue weighted by molar-refractivity contribution is 0.348. The molecule has 1 saturated carbocycles. The fraction of sp³-hybridized carbons (Fsp3) is 0.400. The molecule has 1 aliphatic heterocycles. The molecule has 0 bridgehead atoms. The third kappa shape index (κ3) is 4.02. The van der Waals surface area contributed by atoms with Crippen molar-refractivity contribution in [2.24, 2.45) is 13.0 Å². The maximum Gasteiger partial charge on any atom is 0.332 e. The quantitative estimate of drug-likeness (QED) is 0.371. The normalized spacial score (nSPS) is 18.3. The Morgan fingerprint density at radius 2 is 1.95 bits per heavy atom. The van der Waals surface area contributed by atoms with Gasteiger partial charge in [-0.3, -0.25) is 18.6 Å². The first-order valence-electron chi connectivity index (χ1n) is 12.0. The highest BCUT2D eigenvalue weighted by Crippen LogP contribution is 2.39. The maximum atomic E-state index is 14.1. The molecule has 4 aromatic rings. The second-order valence-corrected chi connectivity index (χ2v) is 13.1. The van der Waals surface area contributed by atoms with Crippen molar-refractivity contribution < 1.29 is 12.8 Å². The van der Waals surface area contributed by atoms with Crippen LogP contribution in [-0.2, 0) is 30.0 Å². The molecule has 0 amide bonds. The Morgan fingerprint density at radius 3 is 2.62 bits per heavy atom. The van der Waals surface area contributed by atoms with E-state index < -0.39 is 27.1 Å². The van der Waals surface area contributed by atoms with Crippen LogP contribution in [-0.4, -0.2) is 45.5 Å².